The van der Waals surface area contributed by atoms with Crippen LogP contribution in [0.3, 0.4) is 0 Å². The fourth-order valence-corrected chi connectivity index (χ4v) is 2.80. The van der Waals surface area contributed by atoms with E-state index in [1.54, 1.807) is 0 Å². The second-order valence-electron chi connectivity index (χ2n) is 5.41. The van der Waals surface area contributed by atoms with Crippen LogP contribution in [0, 0.1) is 6.92 Å². The van der Waals surface area contributed by atoms with Crippen LogP contribution in [0.15, 0.2) is 48.5 Å². The van der Waals surface area contributed by atoms with Gasteiger partial charge in [0.05, 0.1) is 0 Å². The zero-order chi connectivity index (χ0) is 15.2. The molecule has 2 nitrogen and oxygen atoms in total. The molecule has 0 bridgehead atoms. The molecule has 0 heterocycles. The van der Waals surface area contributed by atoms with Gasteiger partial charge >= 0.3 is 0 Å². The van der Waals surface area contributed by atoms with E-state index in [2.05, 4.69) is 54.5 Å². The Balaban J connectivity index is 2.02. The van der Waals surface area contributed by atoms with Crippen molar-refractivity contribution in [2.75, 3.05) is 25.5 Å². The standard InChI is InChI=1S/C18H23ClN2/c1-14-7-6-8-15(13-14)21(3)12-11-18(20-2)16-9-4-5-10-17(16)19/h4-10,13,18,20H,11-12H2,1-3H3. The average Bonchev–Trinajstić information content (AvgIpc) is 2.49. The molecule has 112 valence electrons. The molecule has 21 heavy (non-hydrogen) atoms. The normalized spacial score (nSPS) is 12.2. The van der Waals surface area contributed by atoms with Crippen molar-refractivity contribution in [3.05, 3.63) is 64.7 Å². The molecular formula is C18H23ClN2. The molecule has 0 saturated heterocycles. The molecule has 0 spiro atoms. The Morgan fingerprint density at radius 1 is 1.14 bits per heavy atom. The number of halogens is 1. The first-order valence-electron chi connectivity index (χ1n) is 7.31. The minimum atomic E-state index is 0.269. The van der Waals surface area contributed by atoms with E-state index in [-0.39, 0.29) is 6.04 Å². The number of anilines is 1. The largest absolute Gasteiger partial charge is 0.375 e. The first kappa shape index (κ1) is 15.9. The molecule has 1 N–H and O–H groups in total. The minimum Gasteiger partial charge on any atom is -0.375 e. The molecule has 1 atom stereocenters. The molecule has 0 aliphatic heterocycles. The SMILES string of the molecule is CNC(CCN(C)c1cccc(C)c1)c1ccccc1Cl. The van der Waals surface area contributed by atoms with Gasteiger partial charge in [0.15, 0.2) is 0 Å². The highest BCUT2D eigenvalue weighted by Crippen LogP contribution is 2.25. The van der Waals surface area contributed by atoms with Gasteiger partial charge in [-0.15, -0.1) is 0 Å². The van der Waals surface area contributed by atoms with Gasteiger partial charge in [0.1, 0.15) is 0 Å². The lowest BCUT2D eigenvalue weighted by molar-refractivity contribution is 0.549. The maximum Gasteiger partial charge on any atom is 0.0453 e. The van der Waals surface area contributed by atoms with Crippen LogP contribution >= 0.6 is 11.6 Å². The predicted octanol–water partition coefficient (Wildman–Crippen LogP) is 4.44. The third-order valence-electron chi connectivity index (χ3n) is 3.82. The van der Waals surface area contributed by atoms with Crippen molar-refractivity contribution in [3.63, 3.8) is 0 Å². The number of rotatable bonds is 6. The Bertz CT molecular complexity index is 583. The van der Waals surface area contributed by atoms with E-state index in [1.165, 1.54) is 16.8 Å². The fourth-order valence-electron chi connectivity index (χ4n) is 2.53. The second-order valence-corrected chi connectivity index (χ2v) is 5.82. The highest BCUT2D eigenvalue weighted by Gasteiger charge is 2.13. The molecule has 2 rings (SSSR count). The monoisotopic (exact) mass is 302 g/mol. The fraction of sp³-hybridized carbons (Fsp3) is 0.333. The van der Waals surface area contributed by atoms with Gasteiger partial charge < -0.3 is 10.2 Å². The van der Waals surface area contributed by atoms with Gasteiger partial charge in [0, 0.05) is 30.3 Å². The zero-order valence-corrected chi connectivity index (χ0v) is 13.7. The highest BCUT2D eigenvalue weighted by molar-refractivity contribution is 6.31. The summed E-state index contributed by atoms with van der Waals surface area (Å²) in [4.78, 5) is 2.29. The predicted molar refractivity (Wildman–Crippen MR) is 92.3 cm³/mol. The summed E-state index contributed by atoms with van der Waals surface area (Å²) < 4.78 is 0. The van der Waals surface area contributed by atoms with E-state index in [4.69, 9.17) is 11.6 Å². The van der Waals surface area contributed by atoms with Crippen LogP contribution in [0.1, 0.15) is 23.6 Å². The Kier molecular flexibility index (Phi) is 5.66. The van der Waals surface area contributed by atoms with E-state index in [9.17, 15) is 0 Å². The number of nitrogens with one attached hydrogen (secondary N) is 1. The van der Waals surface area contributed by atoms with Gasteiger partial charge in [-0.3, -0.25) is 0 Å². The van der Waals surface area contributed by atoms with Crippen LogP contribution in [0.5, 0.6) is 0 Å². The van der Waals surface area contributed by atoms with Gasteiger partial charge in [-0.05, 0) is 49.7 Å². The molecule has 0 amide bonds. The summed E-state index contributed by atoms with van der Waals surface area (Å²) in [6.45, 7) is 3.09. The first-order valence-corrected chi connectivity index (χ1v) is 7.69. The molecule has 3 heteroatoms. The Labute approximate surface area is 132 Å². The van der Waals surface area contributed by atoms with Crippen LogP contribution in [0.2, 0.25) is 5.02 Å². The van der Waals surface area contributed by atoms with Gasteiger partial charge in [-0.1, -0.05) is 41.9 Å². The lowest BCUT2D eigenvalue weighted by Gasteiger charge is -2.24. The molecule has 0 fully saturated rings. The maximum atomic E-state index is 6.30. The quantitative estimate of drug-likeness (QED) is 0.849. The van der Waals surface area contributed by atoms with Crippen molar-refractivity contribution >= 4 is 17.3 Å². The third kappa shape index (κ3) is 4.23. The summed E-state index contributed by atoms with van der Waals surface area (Å²) in [5, 5.41) is 4.20. The van der Waals surface area contributed by atoms with Crippen molar-refractivity contribution in [2.24, 2.45) is 0 Å². The summed E-state index contributed by atoms with van der Waals surface area (Å²) in [5.74, 6) is 0. The lowest BCUT2D eigenvalue weighted by Crippen LogP contribution is -2.25. The van der Waals surface area contributed by atoms with Gasteiger partial charge in [0.2, 0.25) is 0 Å². The van der Waals surface area contributed by atoms with Crippen molar-refractivity contribution in [1.29, 1.82) is 0 Å². The minimum absolute atomic E-state index is 0.269. The van der Waals surface area contributed by atoms with Crippen LogP contribution in [-0.2, 0) is 0 Å². The van der Waals surface area contributed by atoms with Crippen LogP contribution < -0.4 is 10.2 Å². The smallest absolute Gasteiger partial charge is 0.0453 e. The molecular weight excluding hydrogens is 280 g/mol. The number of aryl methyl sites for hydroxylation is 1. The van der Waals surface area contributed by atoms with Crippen molar-refractivity contribution in [2.45, 2.75) is 19.4 Å². The topological polar surface area (TPSA) is 15.3 Å². The van der Waals surface area contributed by atoms with E-state index < -0.39 is 0 Å². The van der Waals surface area contributed by atoms with Gasteiger partial charge in [-0.25, -0.2) is 0 Å². The number of hydrogen-bond donors (Lipinski definition) is 1. The van der Waals surface area contributed by atoms with Crippen LogP contribution in [-0.4, -0.2) is 20.6 Å². The molecule has 2 aromatic carbocycles. The van der Waals surface area contributed by atoms with Crippen molar-refractivity contribution in [1.82, 2.24) is 5.32 Å². The molecule has 2 aromatic rings. The van der Waals surface area contributed by atoms with E-state index in [0.717, 1.165) is 18.0 Å². The number of nitrogens with zero attached hydrogens (tertiary/aromatic N) is 1. The highest BCUT2D eigenvalue weighted by atomic mass is 35.5. The zero-order valence-electron chi connectivity index (χ0n) is 12.9. The Morgan fingerprint density at radius 2 is 1.90 bits per heavy atom. The lowest BCUT2D eigenvalue weighted by atomic mass is 10.0. The van der Waals surface area contributed by atoms with E-state index in [1.807, 2.05) is 25.2 Å². The molecule has 0 aliphatic carbocycles. The number of benzene rings is 2. The molecule has 0 aliphatic rings. The van der Waals surface area contributed by atoms with Crippen LogP contribution in [0.4, 0.5) is 5.69 Å². The van der Waals surface area contributed by atoms with Crippen molar-refractivity contribution < 1.29 is 0 Å². The second kappa shape index (κ2) is 7.48. The summed E-state index contributed by atoms with van der Waals surface area (Å²) in [6.07, 6.45) is 1.00. The third-order valence-corrected chi connectivity index (χ3v) is 4.17. The van der Waals surface area contributed by atoms with Gasteiger partial charge in [-0.2, -0.15) is 0 Å². The molecule has 0 saturated carbocycles. The maximum absolute atomic E-state index is 6.30. The van der Waals surface area contributed by atoms with E-state index >= 15 is 0 Å². The van der Waals surface area contributed by atoms with Crippen molar-refractivity contribution in [3.8, 4) is 0 Å². The summed E-state index contributed by atoms with van der Waals surface area (Å²) in [7, 11) is 4.12. The van der Waals surface area contributed by atoms with Gasteiger partial charge in [0.25, 0.3) is 0 Å². The summed E-state index contributed by atoms with van der Waals surface area (Å²) >= 11 is 6.30. The Hall–Kier alpha value is -1.51. The first-order chi connectivity index (χ1) is 10.1. The average molecular weight is 303 g/mol. The molecule has 1 unspecified atom stereocenters. The van der Waals surface area contributed by atoms with Crippen LogP contribution in [0.25, 0.3) is 0 Å². The molecule has 0 aromatic heterocycles. The van der Waals surface area contributed by atoms with E-state index in [0.29, 0.717) is 0 Å². The summed E-state index contributed by atoms with van der Waals surface area (Å²) in [6, 6.07) is 16.9. The summed E-state index contributed by atoms with van der Waals surface area (Å²) in [5.41, 5.74) is 3.71. The molecule has 0 radical (unpaired) electrons. The number of hydrogen-bond acceptors (Lipinski definition) is 2. The Morgan fingerprint density at radius 3 is 2.57 bits per heavy atom.